The lowest BCUT2D eigenvalue weighted by Crippen LogP contribution is -2.06. The van der Waals surface area contributed by atoms with Crippen LogP contribution in [0.3, 0.4) is 0 Å². The normalized spacial score (nSPS) is 11.6. The van der Waals surface area contributed by atoms with E-state index in [0.29, 0.717) is 0 Å². The number of hydrogen-bond donors (Lipinski definition) is 2. The number of aliphatic carboxylic acids is 1. The van der Waals surface area contributed by atoms with Gasteiger partial charge in [0.25, 0.3) is 5.97 Å². The number of aliphatic hydroxyl groups is 1. The maximum Gasteiger partial charge on any atom is 0.300 e. The zero-order valence-electron chi connectivity index (χ0n) is 12.9. The van der Waals surface area contributed by atoms with Crippen molar-refractivity contribution >= 4 is 5.97 Å². The Bertz CT molecular complexity index is 358. The number of aromatic nitrogens is 2. The zero-order valence-corrected chi connectivity index (χ0v) is 12.9. The molecule has 5 heteroatoms. The molecule has 1 atom stereocenters. The van der Waals surface area contributed by atoms with Crippen LogP contribution in [0.1, 0.15) is 71.2 Å². The minimum atomic E-state index is -0.833. The lowest BCUT2D eigenvalue weighted by molar-refractivity contribution is -0.134. The number of nitrogens with zero attached hydrogens (tertiary/aromatic N) is 2. The minimum absolute atomic E-state index is 0.463. The van der Waals surface area contributed by atoms with E-state index in [0.717, 1.165) is 19.3 Å². The summed E-state index contributed by atoms with van der Waals surface area (Å²) in [5, 5.41) is 16.9. The molecule has 0 bridgehead atoms. The second kappa shape index (κ2) is 11.5. The van der Waals surface area contributed by atoms with Crippen LogP contribution in [-0.2, 0) is 11.3 Å². The van der Waals surface area contributed by atoms with Crippen LogP contribution < -0.4 is 0 Å². The Morgan fingerprint density at radius 1 is 1.30 bits per heavy atom. The highest BCUT2D eigenvalue weighted by molar-refractivity contribution is 5.62. The molecule has 0 radical (unpaired) electrons. The number of imidazole rings is 1. The molecule has 0 saturated heterocycles. The predicted octanol–water partition coefficient (Wildman–Crippen LogP) is 3.39. The quantitative estimate of drug-likeness (QED) is 0.717. The second-order valence-corrected chi connectivity index (χ2v) is 4.94. The van der Waals surface area contributed by atoms with Crippen LogP contribution in [0.4, 0.5) is 0 Å². The third kappa shape index (κ3) is 9.55. The first-order valence-electron chi connectivity index (χ1n) is 7.37. The van der Waals surface area contributed by atoms with E-state index in [-0.39, 0.29) is 0 Å². The summed E-state index contributed by atoms with van der Waals surface area (Å²) in [6.45, 7) is 6.06. The van der Waals surface area contributed by atoms with Gasteiger partial charge in [-0.15, -0.1) is 0 Å². The molecule has 0 saturated carbocycles. The first-order valence-corrected chi connectivity index (χ1v) is 7.37. The van der Waals surface area contributed by atoms with Crippen molar-refractivity contribution in [2.45, 2.75) is 71.9 Å². The van der Waals surface area contributed by atoms with E-state index in [1.807, 2.05) is 6.20 Å². The van der Waals surface area contributed by atoms with Crippen LogP contribution >= 0.6 is 0 Å². The number of carboxylic acid groups (broad SMARTS) is 1. The Hall–Kier alpha value is -1.36. The maximum absolute atomic E-state index is 9.48. The predicted molar refractivity (Wildman–Crippen MR) is 79.5 cm³/mol. The molecule has 116 valence electrons. The molecule has 1 aromatic heterocycles. The van der Waals surface area contributed by atoms with E-state index in [9.17, 15) is 5.11 Å². The van der Waals surface area contributed by atoms with Crippen molar-refractivity contribution in [3.05, 3.63) is 18.2 Å². The van der Waals surface area contributed by atoms with Gasteiger partial charge < -0.3 is 14.8 Å². The fourth-order valence-electron chi connectivity index (χ4n) is 1.94. The van der Waals surface area contributed by atoms with Gasteiger partial charge in [0.1, 0.15) is 11.9 Å². The van der Waals surface area contributed by atoms with Crippen LogP contribution in [-0.4, -0.2) is 25.7 Å². The van der Waals surface area contributed by atoms with Gasteiger partial charge in [-0.3, -0.25) is 4.79 Å². The Labute approximate surface area is 121 Å². The summed E-state index contributed by atoms with van der Waals surface area (Å²) < 4.78 is 2.06. The average molecular weight is 284 g/mol. The summed E-state index contributed by atoms with van der Waals surface area (Å²) in [4.78, 5) is 13.2. The standard InChI is InChI=1S/C13H24N2O.C2H4O2/c1-3-4-5-6-7-8-10-15-11-9-14-13(15)12(2)16;1-2(3)4/h9,11-12,16H,3-8,10H2,1-2H3;1H3,(H,3,4). The molecule has 1 aromatic rings. The highest BCUT2D eigenvalue weighted by Gasteiger charge is 2.07. The van der Waals surface area contributed by atoms with E-state index in [1.165, 1.54) is 38.5 Å². The van der Waals surface area contributed by atoms with Gasteiger partial charge in [0.2, 0.25) is 0 Å². The molecule has 1 heterocycles. The van der Waals surface area contributed by atoms with Crippen molar-refractivity contribution < 1.29 is 15.0 Å². The molecule has 0 aliphatic heterocycles. The van der Waals surface area contributed by atoms with Crippen molar-refractivity contribution in [1.29, 1.82) is 0 Å². The van der Waals surface area contributed by atoms with Crippen molar-refractivity contribution in [3.8, 4) is 0 Å². The van der Waals surface area contributed by atoms with E-state index >= 15 is 0 Å². The van der Waals surface area contributed by atoms with E-state index < -0.39 is 12.1 Å². The highest BCUT2D eigenvalue weighted by atomic mass is 16.4. The lowest BCUT2D eigenvalue weighted by Gasteiger charge is -2.09. The smallest absolute Gasteiger partial charge is 0.300 e. The number of aryl methyl sites for hydroxylation is 1. The molecule has 0 fully saturated rings. The van der Waals surface area contributed by atoms with E-state index in [2.05, 4.69) is 16.5 Å². The average Bonchev–Trinajstić information content (AvgIpc) is 2.81. The highest BCUT2D eigenvalue weighted by Crippen LogP contribution is 2.11. The maximum atomic E-state index is 9.48. The molecule has 0 spiro atoms. The largest absolute Gasteiger partial charge is 0.481 e. The Morgan fingerprint density at radius 3 is 2.40 bits per heavy atom. The molecular weight excluding hydrogens is 256 g/mol. The number of hydrogen-bond acceptors (Lipinski definition) is 3. The van der Waals surface area contributed by atoms with Gasteiger partial charge in [-0.2, -0.15) is 0 Å². The topological polar surface area (TPSA) is 75.3 Å². The number of unbranched alkanes of at least 4 members (excludes halogenated alkanes) is 5. The first-order chi connectivity index (χ1) is 9.49. The molecule has 0 aliphatic rings. The van der Waals surface area contributed by atoms with Crippen LogP contribution in [0.15, 0.2) is 12.4 Å². The molecule has 0 aliphatic carbocycles. The van der Waals surface area contributed by atoms with Gasteiger partial charge >= 0.3 is 0 Å². The number of carboxylic acids is 1. The van der Waals surface area contributed by atoms with E-state index in [1.54, 1.807) is 13.1 Å². The molecule has 1 unspecified atom stereocenters. The van der Waals surface area contributed by atoms with Gasteiger partial charge in [-0.25, -0.2) is 4.98 Å². The molecule has 2 N–H and O–H groups in total. The molecule has 1 rings (SSSR count). The van der Waals surface area contributed by atoms with Gasteiger partial charge in [-0.1, -0.05) is 39.0 Å². The Balaban J connectivity index is 0.000000796. The number of rotatable bonds is 8. The SMILES string of the molecule is CC(=O)O.CCCCCCCCn1ccnc1C(C)O. The van der Waals surface area contributed by atoms with Crippen molar-refractivity contribution in [2.24, 2.45) is 0 Å². The fourth-order valence-corrected chi connectivity index (χ4v) is 1.94. The number of aliphatic hydroxyl groups excluding tert-OH is 1. The van der Waals surface area contributed by atoms with Crippen molar-refractivity contribution in [1.82, 2.24) is 9.55 Å². The van der Waals surface area contributed by atoms with Gasteiger partial charge in [-0.05, 0) is 13.3 Å². The summed E-state index contributed by atoms with van der Waals surface area (Å²) in [5.41, 5.74) is 0. The van der Waals surface area contributed by atoms with Gasteiger partial charge in [0.15, 0.2) is 0 Å². The summed E-state index contributed by atoms with van der Waals surface area (Å²) >= 11 is 0. The minimum Gasteiger partial charge on any atom is -0.481 e. The van der Waals surface area contributed by atoms with Gasteiger partial charge in [0.05, 0.1) is 0 Å². The monoisotopic (exact) mass is 284 g/mol. The third-order valence-corrected chi connectivity index (χ3v) is 2.87. The van der Waals surface area contributed by atoms with E-state index in [4.69, 9.17) is 9.90 Å². The second-order valence-electron chi connectivity index (χ2n) is 4.94. The summed E-state index contributed by atoms with van der Waals surface area (Å²) in [6, 6.07) is 0. The first kappa shape index (κ1) is 18.6. The number of carbonyl (C=O) groups is 1. The Morgan fingerprint density at radius 2 is 1.85 bits per heavy atom. The summed E-state index contributed by atoms with van der Waals surface area (Å²) in [7, 11) is 0. The molecule has 0 amide bonds. The summed E-state index contributed by atoms with van der Waals surface area (Å²) in [6.07, 6.45) is 11.0. The summed E-state index contributed by atoms with van der Waals surface area (Å²) in [5.74, 6) is -0.0476. The third-order valence-electron chi connectivity index (χ3n) is 2.87. The van der Waals surface area contributed by atoms with Crippen LogP contribution in [0, 0.1) is 0 Å². The molecular formula is C15H28N2O3. The van der Waals surface area contributed by atoms with Crippen molar-refractivity contribution in [3.63, 3.8) is 0 Å². The zero-order chi connectivity index (χ0) is 15.4. The Kier molecular flexibility index (Phi) is 10.7. The molecule has 5 nitrogen and oxygen atoms in total. The van der Waals surface area contributed by atoms with Crippen molar-refractivity contribution in [2.75, 3.05) is 0 Å². The van der Waals surface area contributed by atoms with Crippen LogP contribution in [0.5, 0.6) is 0 Å². The molecule has 20 heavy (non-hydrogen) atoms. The molecule has 0 aromatic carbocycles. The van der Waals surface area contributed by atoms with Gasteiger partial charge in [0, 0.05) is 25.9 Å². The fraction of sp³-hybridized carbons (Fsp3) is 0.733. The van der Waals surface area contributed by atoms with Crippen LogP contribution in [0.2, 0.25) is 0 Å². The van der Waals surface area contributed by atoms with Crippen LogP contribution in [0.25, 0.3) is 0 Å². The lowest BCUT2D eigenvalue weighted by atomic mass is 10.1.